The Bertz CT molecular complexity index is 671. The van der Waals surface area contributed by atoms with Gasteiger partial charge in [-0.3, -0.25) is 4.79 Å². The first kappa shape index (κ1) is 16.1. The molecule has 2 N–H and O–H groups in total. The number of aromatic nitrogens is 1. The smallest absolute Gasteiger partial charge is 0.228 e. The number of likely N-dealkylation sites (tertiary alicyclic amines) is 1. The molecule has 2 heterocycles. The van der Waals surface area contributed by atoms with Crippen LogP contribution < -0.4 is 5.73 Å². The summed E-state index contributed by atoms with van der Waals surface area (Å²) in [6.45, 7) is 1.44. The Kier molecular flexibility index (Phi) is 5.03. The van der Waals surface area contributed by atoms with E-state index in [4.69, 9.17) is 5.73 Å². The second-order valence-corrected chi connectivity index (χ2v) is 6.90. The minimum absolute atomic E-state index is 0.0946. The van der Waals surface area contributed by atoms with Crippen molar-refractivity contribution in [3.63, 3.8) is 0 Å². The van der Waals surface area contributed by atoms with Crippen LogP contribution in [0, 0.1) is 5.82 Å². The van der Waals surface area contributed by atoms with Gasteiger partial charge in [0, 0.05) is 30.9 Å². The van der Waals surface area contributed by atoms with Gasteiger partial charge in [-0.05, 0) is 30.5 Å². The topological polar surface area (TPSA) is 59.2 Å². The average molecular weight is 333 g/mol. The van der Waals surface area contributed by atoms with Crippen molar-refractivity contribution in [3.8, 4) is 0 Å². The van der Waals surface area contributed by atoms with Crippen LogP contribution in [0.5, 0.6) is 0 Å². The van der Waals surface area contributed by atoms with Gasteiger partial charge in [0.05, 0.1) is 17.1 Å². The van der Waals surface area contributed by atoms with Crippen LogP contribution in [0.3, 0.4) is 0 Å². The number of carbonyl (C=O) groups excluding carboxylic acids is 1. The third kappa shape index (κ3) is 4.36. The number of benzene rings is 1. The van der Waals surface area contributed by atoms with E-state index in [0.717, 1.165) is 35.7 Å². The Labute approximate surface area is 139 Å². The number of nitrogens with two attached hydrogens (primary N) is 1. The Morgan fingerprint density at radius 3 is 2.91 bits per heavy atom. The molecule has 1 aromatic carbocycles. The van der Waals surface area contributed by atoms with Crippen LogP contribution in [0.1, 0.15) is 29.1 Å². The van der Waals surface area contributed by atoms with Gasteiger partial charge in [0.2, 0.25) is 5.91 Å². The molecule has 1 unspecified atom stereocenters. The molecule has 23 heavy (non-hydrogen) atoms. The second-order valence-electron chi connectivity index (χ2n) is 5.95. The quantitative estimate of drug-likeness (QED) is 0.934. The number of hydrogen-bond acceptors (Lipinski definition) is 4. The monoisotopic (exact) mass is 333 g/mol. The summed E-state index contributed by atoms with van der Waals surface area (Å²) in [6.07, 6.45) is 2.95. The Morgan fingerprint density at radius 2 is 2.17 bits per heavy atom. The third-order valence-electron chi connectivity index (χ3n) is 4.01. The molecule has 1 saturated heterocycles. The second kappa shape index (κ2) is 7.19. The summed E-state index contributed by atoms with van der Waals surface area (Å²) in [5.41, 5.74) is 7.74. The van der Waals surface area contributed by atoms with E-state index in [1.54, 1.807) is 12.1 Å². The van der Waals surface area contributed by atoms with Crippen molar-refractivity contribution >= 4 is 17.2 Å². The van der Waals surface area contributed by atoms with Crippen LogP contribution in [-0.2, 0) is 17.6 Å². The molecule has 0 saturated carbocycles. The Morgan fingerprint density at radius 1 is 1.39 bits per heavy atom. The maximum atomic E-state index is 12.9. The zero-order chi connectivity index (χ0) is 16.2. The zero-order valence-corrected chi connectivity index (χ0v) is 13.7. The highest BCUT2D eigenvalue weighted by Crippen LogP contribution is 2.17. The van der Waals surface area contributed by atoms with Crippen molar-refractivity contribution in [1.82, 2.24) is 9.88 Å². The van der Waals surface area contributed by atoms with Gasteiger partial charge in [0.25, 0.3) is 0 Å². The molecule has 1 aromatic heterocycles. The molecule has 1 aliphatic heterocycles. The molecule has 1 fully saturated rings. The van der Waals surface area contributed by atoms with E-state index in [0.29, 0.717) is 19.4 Å². The normalized spacial score (nSPS) is 18.2. The van der Waals surface area contributed by atoms with Crippen molar-refractivity contribution in [2.75, 3.05) is 13.1 Å². The van der Waals surface area contributed by atoms with Crippen molar-refractivity contribution in [2.45, 2.75) is 31.7 Å². The summed E-state index contributed by atoms with van der Waals surface area (Å²) in [6, 6.07) is 6.52. The number of rotatable bonds is 4. The van der Waals surface area contributed by atoms with E-state index in [1.165, 1.54) is 23.5 Å². The maximum absolute atomic E-state index is 12.9. The zero-order valence-electron chi connectivity index (χ0n) is 12.9. The van der Waals surface area contributed by atoms with Crippen LogP contribution >= 0.6 is 11.3 Å². The fraction of sp³-hybridized carbons (Fsp3) is 0.412. The lowest BCUT2D eigenvalue weighted by molar-refractivity contribution is -0.131. The largest absolute Gasteiger partial charge is 0.341 e. The lowest BCUT2D eigenvalue weighted by Gasteiger charge is -2.30. The standard InChI is InChI=1S/C17H20FN3OS/c18-13-5-3-12(4-6-13)8-16-20-15(11-23-16)9-17(22)21-7-1-2-14(19)10-21/h3-6,11,14H,1-2,7-10,19H2. The third-order valence-corrected chi connectivity index (χ3v) is 4.91. The van der Waals surface area contributed by atoms with Crippen LogP contribution in [-0.4, -0.2) is 34.9 Å². The molecule has 1 amide bonds. The summed E-state index contributed by atoms with van der Waals surface area (Å²) in [5, 5.41) is 2.87. The van der Waals surface area contributed by atoms with Gasteiger partial charge in [-0.25, -0.2) is 9.37 Å². The van der Waals surface area contributed by atoms with Crippen LogP contribution in [0.2, 0.25) is 0 Å². The molecule has 0 spiro atoms. The first-order valence-electron chi connectivity index (χ1n) is 7.81. The van der Waals surface area contributed by atoms with Crippen LogP contribution in [0.15, 0.2) is 29.6 Å². The summed E-state index contributed by atoms with van der Waals surface area (Å²) in [7, 11) is 0. The Balaban J connectivity index is 1.58. The van der Waals surface area contributed by atoms with Gasteiger partial charge in [-0.1, -0.05) is 12.1 Å². The number of nitrogens with zero attached hydrogens (tertiary/aromatic N) is 2. The number of thiazole rings is 1. The molecule has 122 valence electrons. The van der Waals surface area contributed by atoms with E-state index in [9.17, 15) is 9.18 Å². The molecule has 0 radical (unpaired) electrons. The Hall–Kier alpha value is -1.79. The lowest BCUT2D eigenvalue weighted by Crippen LogP contribution is -2.46. The highest BCUT2D eigenvalue weighted by molar-refractivity contribution is 7.09. The molecule has 4 nitrogen and oxygen atoms in total. The molecule has 6 heteroatoms. The lowest BCUT2D eigenvalue weighted by atomic mass is 10.1. The van der Waals surface area contributed by atoms with Gasteiger partial charge < -0.3 is 10.6 Å². The number of halogens is 1. The van der Waals surface area contributed by atoms with Gasteiger partial charge in [0.15, 0.2) is 0 Å². The highest BCUT2D eigenvalue weighted by Gasteiger charge is 2.21. The van der Waals surface area contributed by atoms with Crippen LogP contribution in [0.25, 0.3) is 0 Å². The van der Waals surface area contributed by atoms with Crippen LogP contribution in [0.4, 0.5) is 4.39 Å². The summed E-state index contributed by atoms with van der Waals surface area (Å²) < 4.78 is 12.9. The fourth-order valence-corrected chi connectivity index (χ4v) is 3.62. The molecule has 3 rings (SSSR count). The van der Waals surface area contributed by atoms with E-state index in [-0.39, 0.29) is 17.8 Å². The van der Waals surface area contributed by atoms with E-state index in [1.807, 2.05) is 10.3 Å². The SMILES string of the molecule is NC1CCCN(C(=O)Cc2csc(Cc3ccc(F)cc3)n2)C1. The molecule has 2 aromatic rings. The van der Waals surface area contributed by atoms with E-state index < -0.39 is 0 Å². The van der Waals surface area contributed by atoms with E-state index >= 15 is 0 Å². The van der Waals surface area contributed by atoms with Gasteiger partial charge in [-0.2, -0.15) is 0 Å². The molecule has 0 bridgehead atoms. The number of hydrogen-bond donors (Lipinski definition) is 1. The van der Waals surface area contributed by atoms with Gasteiger partial charge in [-0.15, -0.1) is 11.3 Å². The molecule has 1 atom stereocenters. The highest BCUT2D eigenvalue weighted by atomic mass is 32.1. The summed E-state index contributed by atoms with van der Waals surface area (Å²) in [5.74, 6) is -0.141. The first-order valence-corrected chi connectivity index (χ1v) is 8.69. The number of carbonyl (C=O) groups is 1. The summed E-state index contributed by atoms with van der Waals surface area (Å²) >= 11 is 1.54. The summed E-state index contributed by atoms with van der Waals surface area (Å²) in [4.78, 5) is 18.7. The van der Waals surface area contributed by atoms with Crippen molar-refractivity contribution in [1.29, 1.82) is 0 Å². The van der Waals surface area contributed by atoms with Crippen molar-refractivity contribution in [2.24, 2.45) is 5.73 Å². The fourth-order valence-electron chi connectivity index (χ4n) is 2.79. The number of piperidine rings is 1. The minimum Gasteiger partial charge on any atom is -0.341 e. The van der Waals surface area contributed by atoms with Crippen molar-refractivity contribution in [3.05, 3.63) is 51.7 Å². The number of amides is 1. The predicted octanol–water partition coefficient (Wildman–Crippen LogP) is 2.37. The molecule has 1 aliphatic rings. The molecule has 0 aliphatic carbocycles. The predicted molar refractivity (Wildman–Crippen MR) is 88.8 cm³/mol. The van der Waals surface area contributed by atoms with Gasteiger partial charge in [0.1, 0.15) is 5.82 Å². The van der Waals surface area contributed by atoms with Gasteiger partial charge >= 0.3 is 0 Å². The average Bonchev–Trinajstić information content (AvgIpc) is 2.96. The maximum Gasteiger partial charge on any atom is 0.228 e. The van der Waals surface area contributed by atoms with E-state index in [2.05, 4.69) is 4.98 Å². The molecular weight excluding hydrogens is 313 g/mol. The minimum atomic E-state index is -0.237. The first-order chi connectivity index (χ1) is 11.1. The van der Waals surface area contributed by atoms with Crippen molar-refractivity contribution < 1.29 is 9.18 Å². The molecular formula is C17H20FN3OS.